The number of aliphatic carboxylic acids is 1. The molecule has 1 fully saturated rings. The van der Waals surface area contributed by atoms with Crippen molar-refractivity contribution in [3.05, 3.63) is 34.1 Å². The first-order chi connectivity index (χ1) is 9.97. The standard InChI is InChI=1S/C15H17BrFNO3/c16-11-3-4-13(17)12(8-11)14(19)5-7-18-6-1-2-10(9-18)15(20)21/h3-4,8,10H,1-2,5-7,9H2,(H,20,21). The van der Waals surface area contributed by atoms with E-state index in [9.17, 15) is 14.0 Å². The molecule has 0 radical (unpaired) electrons. The van der Waals surface area contributed by atoms with Gasteiger partial charge in [0.2, 0.25) is 0 Å². The molecule has 6 heteroatoms. The lowest BCUT2D eigenvalue weighted by molar-refractivity contribution is -0.143. The van der Waals surface area contributed by atoms with Crippen molar-refractivity contribution >= 4 is 27.7 Å². The normalized spacial score (nSPS) is 19.4. The van der Waals surface area contributed by atoms with Crippen LogP contribution in [0, 0.1) is 11.7 Å². The average molecular weight is 358 g/mol. The predicted molar refractivity (Wildman–Crippen MR) is 79.8 cm³/mol. The maximum atomic E-state index is 13.6. The van der Waals surface area contributed by atoms with Crippen LogP contribution < -0.4 is 0 Å². The first-order valence-electron chi connectivity index (χ1n) is 6.91. The molecule has 4 nitrogen and oxygen atoms in total. The number of ketones is 1. The smallest absolute Gasteiger partial charge is 0.307 e. The molecular formula is C15H17BrFNO3. The van der Waals surface area contributed by atoms with Crippen molar-refractivity contribution in [3.8, 4) is 0 Å². The van der Waals surface area contributed by atoms with Crippen LogP contribution in [-0.4, -0.2) is 41.4 Å². The number of nitrogens with zero attached hydrogens (tertiary/aromatic N) is 1. The number of hydrogen-bond donors (Lipinski definition) is 1. The van der Waals surface area contributed by atoms with Crippen molar-refractivity contribution < 1.29 is 19.1 Å². The van der Waals surface area contributed by atoms with Gasteiger partial charge in [-0.25, -0.2) is 4.39 Å². The van der Waals surface area contributed by atoms with Crippen LogP contribution in [0.2, 0.25) is 0 Å². The number of hydrogen-bond acceptors (Lipinski definition) is 3. The zero-order valence-corrected chi connectivity index (χ0v) is 13.1. The van der Waals surface area contributed by atoms with E-state index in [-0.39, 0.29) is 23.7 Å². The average Bonchev–Trinajstić information content (AvgIpc) is 2.47. The van der Waals surface area contributed by atoms with Crippen molar-refractivity contribution in [1.82, 2.24) is 4.90 Å². The highest BCUT2D eigenvalue weighted by Gasteiger charge is 2.25. The van der Waals surface area contributed by atoms with Gasteiger partial charge < -0.3 is 10.0 Å². The second-order valence-electron chi connectivity index (χ2n) is 5.28. The van der Waals surface area contributed by atoms with Gasteiger partial charge in [-0.15, -0.1) is 0 Å². The van der Waals surface area contributed by atoms with Crippen LogP contribution in [-0.2, 0) is 4.79 Å². The fraction of sp³-hybridized carbons (Fsp3) is 0.467. The zero-order chi connectivity index (χ0) is 15.4. The van der Waals surface area contributed by atoms with Crippen molar-refractivity contribution in [2.24, 2.45) is 5.92 Å². The molecular weight excluding hydrogens is 341 g/mol. The fourth-order valence-corrected chi connectivity index (χ4v) is 2.93. The molecule has 0 aromatic heterocycles. The number of rotatable bonds is 5. The van der Waals surface area contributed by atoms with Gasteiger partial charge in [-0.3, -0.25) is 9.59 Å². The molecule has 0 spiro atoms. The molecule has 1 saturated heterocycles. The highest BCUT2D eigenvalue weighted by molar-refractivity contribution is 9.10. The van der Waals surface area contributed by atoms with E-state index in [1.807, 2.05) is 4.90 Å². The third kappa shape index (κ3) is 4.35. The Bertz CT molecular complexity index is 550. The Hall–Kier alpha value is -1.27. The van der Waals surface area contributed by atoms with Crippen LogP contribution in [0.5, 0.6) is 0 Å². The van der Waals surface area contributed by atoms with E-state index >= 15 is 0 Å². The number of carboxylic acid groups (broad SMARTS) is 1. The van der Waals surface area contributed by atoms with E-state index in [1.54, 1.807) is 6.07 Å². The molecule has 1 heterocycles. The third-order valence-corrected chi connectivity index (χ3v) is 4.23. The van der Waals surface area contributed by atoms with Gasteiger partial charge in [-0.1, -0.05) is 15.9 Å². The molecule has 114 valence electrons. The molecule has 0 saturated carbocycles. The van der Waals surface area contributed by atoms with E-state index in [4.69, 9.17) is 5.11 Å². The Morgan fingerprint density at radius 1 is 1.43 bits per heavy atom. The summed E-state index contributed by atoms with van der Waals surface area (Å²) in [6.07, 6.45) is 1.69. The molecule has 0 aliphatic carbocycles. The van der Waals surface area contributed by atoms with E-state index in [0.717, 1.165) is 13.0 Å². The van der Waals surface area contributed by atoms with Gasteiger partial charge in [0.25, 0.3) is 0 Å². The van der Waals surface area contributed by atoms with Gasteiger partial charge in [0.1, 0.15) is 5.82 Å². The topological polar surface area (TPSA) is 57.6 Å². The lowest BCUT2D eigenvalue weighted by Gasteiger charge is -2.30. The molecule has 1 aromatic rings. The third-order valence-electron chi connectivity index (χ3n) is 3.74. The van der Waals surface area contributed by atoms with Gasteiger partial charge in [0.05, 0.1) is 11.5 Å². The summed E-state index contributed by atoms with van der Waals surface area (Å²) in [5.41, 5.74) is 0.0798. The fourth-order valence-electron chi connectivity index (χ4n) is 2.57. The number of halogens is 2. The Balaban J connectivity index is 1.92. The number of carboxylic acids is 1. The Kier molecular flexibility index (Phi) is 5.47. The maximum Gasteiger partial charge on any atom is 0.307 e. The highest BCUT2D eigenvalue weighted by Crippen LogP contribution is 2.19. The number of piperidine rings is 1. The molecule has 1 atom stereocenters. The SMILES string of the molecule is O=C(CCN1CCCC(C(=O)O)C1)c1cc(Br)ccc1F. The number of Topliss-reactive ketones (excluding diaryl/α,β-unsaturated/α-hetero) is 1. The lowest BCUT2D eigenvalue weighted by atomic mass is 9.98. The van der Waals surface area contributed by atoms with Crippen LogP contribution >= 0.6 is 15.9 Å². The predicted octanol–water partition coefficient (Wildman–Crippen LogP) is 2.96. The molecule has 0 amide bonds. The van der Waals surface area contributed by atoms with Gasteiger partial charge in [0, 0.05) is 24.0 Å². The van der Waals surface area contributed by atoms with Gasteiger partial charge in [-0.2, -0.15) is 0 Å². The zero-order valence-electron chi connectivity index (χ0n) is 11.5. The second-order valence-corrected chi connectivity index (χ2v) is 6.19. The minimum atomic E-state index is -0.788. The summed E-state index contributed by atoms with van der Waals surface area (Å²) in [6.45, 7) is 1.72. The molecule has 1 aliphatic rings. The number of carbonyl (C=O) groups is 2. The van der Waals surface area contributed by atoms with Gasteiger partial charge in [-0.05, 0) is 37.6 Å². The lowest BCUT2D eigenvalue weighted by Crippen LogP contribution is -2.39. The Labute approximate surface area is 131 Å². The minimum Gasteiger partial charge on any atom is -0.481 e. The monoisotopic (exact) mass is 357 g/mol. The van der Waals surface area contributed by atoms with E-state index in [0.29, 0.717) is 24.0 Å². The maximum absolute atomic E-state index is 13.6. The summed E-state index contributed by atoms with van der Waals surface area (Å²) in [6, 6.07) is 4.29. The van der Waals surface area contributed by atoms with E-state index < -0.39 is 11.8 Å². The molecule has 0 bridgehead atoms. The first kappa shape index (κ1) is 16.1. The molecule has 1 aromatic carbocycles. The molecule has 1 unspecified atom stereocenters. The van der Waals surface area contributed by atoms with Crippen molar-refractivity contribution in [2.75, 3.05) is 19.6 Å². The summed E-state index contributed by atoms with van der Waals surface area (Å²) in [5, 5.41) is 9.03. The Morgan fingerprint density at radius 3 is 2.90 bits per heavy atom. The quantitative estimate of drug-likeness (QED) is 0.823. The highest BCUT2D eigenvalue weighted by atomic mass is 79.9. The molecule has 1 aliphatic heterocycles. The van der Waals surface area contributed by atoms with E-state index in [1.165, 1.54) is 12.1 Å². The summed E-state index contributed by atoms with van der Waals surface area (Å²) < 4.78 is 14.3. The number of benzene rings is 1. The van der Waals surface area contributed by atoms with E-state index in [2.05, 4.69) is 15.9 Å². The minimum absolute atomic E-state index is 0.0798. The van der Waals surface area contributed by atoms with Crippen LogP contribution in [0.1, 0.15) is 29.6 Å². The van der Waals surface area contributed by atoms with Crippen LogP contribution in [0.3, 0.4) is 0 Å². The number of likely N-dealkylation sites (tertiary alicyclic amines) is 1. The summed E-state index contributed by atoms with van der Waals surface area (Å²) >= 11 is 3.22. The van der Waals surface area contributed by atoms with Crippen LogP contribution in [0.15, 0.2) is 22.7 Å². The van der Waals surface area contributed by atoms with Crippen molar-refractivity contribution in [2.45, 2.75) is 19.3 Å². The van der Waals surface area contributed by atoms with Crippen LogP contribution in [0.4, 0.5) is 4.39 Å². The first-order valence-corrected chi connectivity index (χ1v) is 7.70. The summed E-state index contributed by atoms with van der Waals surface area (Å²) in [5.74, 6) is -1.93. The van der Waals surface area contributed by atoms with Crippen LogP contribution in [0.25, 0.3) is 0 Å². The molecule has 21 heavy (non-hydrogen) atoms. The van der Waals surface area contributed by atoms with Gasteiger partial charge >= 0.3 is 5.97 Å². The van der Waals surface area contributed by atoms with Crippen molar-refractivity contribution in [3.63, 3.8) is 0 Å². The van der Waals surface area contributed by atoms with Gasteiger partial charge in [0.15, 0.2) is 5.78 Å². The summed E-state index contributed by atoms with van der Waals surface area (Å²) in [4.78, 5) is 25.0. The second kappa shape index (κ2) is 7.13. The number of carbonyl (C=O) groups excluding carboxylic acids is 1. The summed E-state index contributed by atoms with van der Waals surface area (Å²) in [7, 11) is 0. The molecule has 2 rings (SSSR count). The molecule has 1 N–H and O–H groups in total. The van der Waals surface area contributed by atoms with Crippen molar-refractivity contribution in [1.29, 1.82) is 0 Å². The largest absolute Gasteiger partial charge is 0.481 e. The Morgan fingerprint density at radius 2 is 2.19 bits per heavy atom.